The van der Waals surface area contributed by atoms with Crippen LogP contribution in [0.25, 0.3) is 16.7 Å². The van der Waals surface area contributed by atoms with E-state index in [2.05, 4.69) is 22.0 Å². The fourth-order valence-electron chi connectivity index (χ4n) is 2.16. The summed E-state index contributed by atoms with van der Waals surface area (Å²) in [6.07, 6.45) is -0.299. The van der Waals surface area contributed by atoms with Gasteiger partial charge in [-0.3, -0.25) is 4.79 Å². The number of carbonyl (C=O) groups is 1. The van der Waals surface area contributed by atoms with Gasteiger partial charge in [-0.1, -0.05) is 6.58 Å². The number of hydrogen-bond acceptors (Lipinski definition) is 3. The zero-order valence-electron chi connectivity index (χ0n) is 12.2. The minimum Gasteiger partial charge on any atom is -0.321 e. The van der Waals surface area contributed by atoms with Crippen LogP contribution < -0.4 is 5.32 Å². The first kappa shape index (κ1) is 15.7. The van der Waals surface area contributed by atoms with Gasteiger partial charge in [0.25, 0.3) is 0 Å². The maximum atomic E-state index is 12.6. The molecule has 5 nitrogen and oxygen atoms in total. The molecule has 0 spiro atoms. The molecule has 0 atom stereocenters. The molecule has 2 aromatic heterocycles. The lowest BCUT2D eigenvalue weighted by Crippen LogP contribution is -2.07. The number of carbonyl (C=O) groups excluding carboxylic acids is 1. The molecule has 0 saturated carbocycles. The molecule has 0 fully saturated rings. The highest BCUT2D eigenvalue weighted by atomic mass is 19.4. The Kier molecular flexibility index (Phi) is 3.80. The van der Waals surface area contributed by atoms with Crippen LogP contribution in [0.3, 0.4) is 0 Å². The van der Waals surface area contributed by atoms with Crippen LogP contribution in [0.5, 0.6) is 0 Å². The normalized spacial score (nSPS) is 11.5. The first-order valence-corrected chi connectivity index (χ1v) is 6.83. The summed E-state index contributed by atoms with van der Waals surface area (Å²) in [6, 6.07) is 6.29. The number of hydrogen-bond donors (Lipinski definition) is 1. The molecule has 1 N–H and O–H groups in total. The SMILES string of the molecule is C=CC(=O)Nc1cnc2c(cnn2-c2ccc(C(F)(F)F)cc2)c1. The topological polar surface area (TPSA) is 59.8 Å². The first-order chi connectivity index (χ1) is 11.4. The van der Waals surface area contributed by atoms with Crippen LogP contribution in [0.15, 0.2) is 55.4 Å². The fraction of sp³-hybridized carbons (Fsp3) is 0.0625. The van der Waals surface area contributed by atoms with Crippen LogP contribution in [0, 0.1) is 0 Å². The van der Waals surface area contributed by atoms with E-state index in [1.54, 1.807) is 6.07 Å². The Morgan fingerprint density at radius 1 is 1.21 bits per heavy atom. The van der Waals surface area contributed by atoms with Crippen LogP contribution in [0.2, 0.25) is 0 Å². The van der Waals surface area contributed by atoms with Crippen LogP contribution in [0.4, 0.5) is 18.9 Å². The van der Waals surface area contributed by atoms with Crippen molar-refractivity contribution >= 4 is 22.6 Å². The third-order valence-corrected chi connectivity index (χ3v) is 3.30. The van der Waals surface area contributed by atoms with E-state index in [-0.39, 0.29) is 5.91 Å². The average molecular weight is 332 g/mol. The summed E-state index contributed by atoms with van der Waals surface area (Å²) in [4.78, 5) is 15.5. The first-order valence-electron chi connectivity index (χ1n) is 6.83. The quantitative estimate of drug-likeness (QED) is 0.746. The maximum absolute atomic E-state index is 12.6. The molecular weight excluding hydrogens is 321 g/mol. The number of pyridine rings is 1. The van der Waals surface area contributed by atoms with Crippen LogP contribution >= 0.6 is 0 Å². The molecule has 0 unspecified atom stereocenters. The van der Waals surface area contributed by atoms with E-state index < -0.39 is 11.7 Å². The van der Waals surface area contributed by atoms with E-state index in [9.17, 15) is 18.0 Å². The lowest BCUT2D eigenvalue weighted by Gasteiger charge is -2.08. The van der Waals surface area contributed by atoms with E-state index in [4.69, 9.17) is 0 Å². The number of fused-ring (bicyclic) bond motifs is 1. The zero-order chi connectivity index (χ0) is 17.3. The van der Waals surface area contributed by atoms with Gasteiger partial charge in [0.2, 0.25) is 5.91 Å². The van der Waals surface area contributed by atoms with Crippen molar-refractivity contribution in [1.82, 2.24) is 14.8 Å². The Morgan fingerprint density at radius 2 is 1.92 bits per heavy atom. The number of halogens is 3. The lowest BCUT2D eigenvalue weighted by atomic mass is 10.2. The molecule has 0 radical (unpaired) electrons. The summed E-state index contributed by atoms with van der Waals surface area (Å²) < 4.78 is 39.3. The average Bonchev–Trinajstić information content (AvgIpc) is 2.97. The molecule has 1 aromatic carbocycles. The third-order valence-electron chi connectivity index (χ3n) is 3.30. The van der Waals surface area contributed by atoms with Gasteiger partial charge in [0.05, 0.1) is 29.3 Å². The monoisotopic (exact) mass is 332 g/mol. The van der Waals surface area contributed by atoms with Gasteiger partial charge in [0, 0.05) is 5.39 Å². The van der Waals surface area contributed by atoms with Gasteiger partial charge in [-0.05, 0) is 36.4 Å². The van der Waals surface area contributed by atoms with Crippen molar-refractivity contribution in [3.05, 3.63) is 60.9 Å². The van der Waals surface area contributed by atoms with Crippen LogP contribution in [-0.4, -0.2) is 20.7 Å². The largest absolute Gasteiger partial charge is 0.416 e. The molecule has 0 bridgehead atoms. The maximum Gasteiger partial charge on any atom is 0.416 e. The van der Waals surface area contributed by atoms with Crippen molar-refractivity contribution in [2.24, 2.45) is 0 Å². The second-order valence-corrected chi connectivity index (χ2v) is 4.93. The summed E-state index contributed by atoms with van der Waals surface area (Å²) in [5.74, 6) is -0.369. The van der Waals surface area contributed by atoms with Gasteiger partial charge in [-0.2, -0.15) is 18.3 Å². The molecule has 0 aliphatic heterocycles. The van der Waals surface area contributed by atoms with Crippen molar-refractivity contribution in [2.75, 3.05) is 5.32 Å². The second-order valence-electron chi connectivity index (χ2n) is 4.93. The second kappa shape index (κ2) is 5.80. The van der Waals surface area contributed by atoms with Crippen molar-refractivity contribution in [1.29, 1.82) is 0 Å². The molecule has 3 aromatic rings. The minimum atomic E-state index is -4.39. The third kappa shape index (κ3) is 2.98. The Labute approximate surface area is 134 Å². The molecular formula is C16H11F3N4O. The van der Waals surface area contributed by atoms with Crippen molar-refractivity contribution < 1.29 is 18.0 Å². The highest BCUT2D eigenvalue weighted by molar-refractivity contribution is 5.99. The number of anilines is 1. The van der Waals surface area contributed by atoms with Crippen molar-refractivity contribution in [3.63, 3.8) is 0 Å². The van der Waals surface area contributed by atoms with Crippen LogP contribution in [0.1, 0.15) is 5.56 Å². The van der Waals surface area contributed by atoms with Gasteiger partial charge in [0.15, 0.2) is 5.65 Å². The lowest BCUT2D eigenvalue weighted by molar-refractivity contribution is -0.137. The Hall–Kier alpha value is -3.16. The van der Waals surface area contributed by atoms with E-state index >= 15 is 0 Å². The summed E-state index contributed by atoms with van der Waals surface area (Å²) in [6.45, 7) is 3.36. The fourth-order valence-corrected chi connectivity index (χ4v) is 2.16. The smallest absolute Gasteiger partial charge is 0.321 e. The van der Waals surface area contributed by atoms with Gasteiger partial charge in [-0.15, -0.1) is 0 Å². The van der Waals surface area contributed by atoms with Crippen LogP contribution in [-0.2, 0) is 11.0 Å². The number of nitrogens with one attached hydrogen (secondary N) is 1. The molecule has 2 heterocycles. The molecule has 0 aliphatic carbocycles. The van der Waals surface area contributed by atoms with Crippen molar-refractivity contribution in [2.45, 2.75) is 6.18 Å². The number of amides is 1. The molecule has 0 aliphatic rings. The van der Waals surface area contributed by atoms with E-state index in [1.807, 2.05) is 0 Å². The molecule has 24 heavy (non-hydrogen) atoms. The molecule has 1 amide bonds. The van der Waals surface area contributed by atoms with E-state index in [0.29, 0.717) is 22.4 Å². The summed E-state index contributed by atoms with van der Waals surface area (Å²) in [5.41, 5.74) is 0.657. The predicted octanol–water partition coefficient (Wildman–Crippen LogP) is 3.56. The molecule has 122 valence electrons. The standard InChI is InChI=1S/C16H11F3N4O/c1-2-14(24)22-12-7-10-8-21-23(15(10)20-9-12)13-5-3-11(4-6-13)16(17,18)19/h2-9H,1H2,(H,22,24). The number of aromatic nitrogens is 3. The number of benzene rings is 1. The predicted molar refractivity (Wildman–Crippen MR) is 82.7 cm³/mol. The van der Waals surface area contributed by atoms with E-state index in [0.717, 1.165) is 18.2 Å². The van der Waals surface area contributed by atoms with Gasteiger partial charge < -0.3 is 5.32 Å². The van der Waals surface area contributed by atoms with Gasteiger partial charge in [0.1, 0.15) is 0 Å². The number of nitrogens with zero attached hydrogens (tertiary/aromatic N) is 3. The van der Waals surface area contributed by atoms with E-state index in [1.165, 1.54) is 29.2 Å². The number of rotatable bonds is 3. The summed E-state index contributed by atoms with van der Waals surface area (Å²) in [7, 11) is 0. The zero-order valence-corrected chi connectivity index (χ0v) is 12.2. The molecule has 0 saturated heterocycles. The van der Waals surface area contributed by atoms with Gasteiger partial charge >= 0.3 is 6.18 Å². The Balaban J connectivity index is 1.96. The summed E-state index contributed by atoms with van der Waals surface area (Å²) in [5, 5.41) is 7.35. The highest BCUT2D eigenvalue weighted by Crippen LogP contribution is 2.30. The summed E-state index contributed by atoms with van der Waals surface area (Å²) >= 11 is 0. The van der Waals surface area contributed by atoms with Gasteiger partial charge in [-0.25, -0.2) is 9.67 Å². The highest BCUT2D eigenvalue weighted by Gasteiger charge is 2.30. The molecule has 8 heteroatoms. The minimum absolute atomic E-state index is 0.369. The Morgan fingerprint density at radius 3 is 2.54 bits per heavy atom. The number of alkyl halides is 3. The molecule has 3 rings (SSSR count). The van der Waals surface area contributed by atoms with Crippen molar-refractivity contribution in [3.8, 4) is 5.69 Å². The Bertz CT molecular complexity index is 913.